The third-order valence-corrected chi connectivity index (χ3v) is 2.47. The summed E-state index contributed by atoms with van der Waals surface area (Å²) in [5, 5.41) is 1.23. The molecule has 0 aromatic heterocycles. The molecule has 1 aliphatic rings. The van der Waals surface area contributed by atoms with Gasteiger partial charge in [-0.1, -0.05) is 0 Å². The summed E-state index contributed by atoms with van der Waals surface area (Å²) in [6.45, 7) is 0. The molecule has 0 amide bonds. The van der Waals surface area contributed by atoms with E-state index in [1.807, 2.05) is 0 Å². The van der Waals surface area contributed by atoms with Gasteiger partial charge in [-0.15, -0.1) is 0 Å². The first kappa shape index (κ1) is 5.78. The van der Waals surface area contributed by atoms with Gasteiger partial charge in [0.25, 0.3) is 0 Å². The maximum atomic E-state index is 10.5. The highest BCUT2D eigenvalue weighted by molar-refractivity contribution is 7.94. The van der Waals surface area contributed by atoms with Gasteiger partial charge in [-0.3, -0.25) is 0 Å². The zero-order chi connectivity index (χ0) is 6.20. The SMILES string of the molecule is [NH3+]C1C=CS(=O)(=O)C1. The maximum absolute atomic E-state index is 10.5. The zero-order valence-corrected chi connectivity index (χ0v) is 5.19. The molecule has 3 nitrogen and oxygen atoms in total. The first-order valence-electron chi connectivity index (χ1n) is 2.34. The summed E-state index contributed by atoms with van der Waals surface area (Å²) in [5.74, 6) is 0.188. The van der Waals surface area contributed by atoms with E-state index in [2.05, 4.69) is 5.73 Å². The summed E-state index contributed by atoms with van der Waals surface area (Å²) in [4.78, 5) is 0. The van der Waals surface area contributed by atoms with E-state index in [9.17, 15) is 8.42 Å². The second-order valence-corrected chi connectivity index (χ2v) is 3.85. The molecule has 46 valence electrons. The summed E-state index contributed by atoms with van der Waals surface area (Å²) in [5.41, 5.74) is 3.57. The van der Waals surface area contributed by atoms with Crippen LogP contribution in [0.1, 0.15) is 0 Å². The molecule has 1 heterocycles. The van der Waals surface area contributed by atoms with E-state index in [0.717, 1.165) is 0 Å². The minimum absolute atomic E-state index is 0.0278. The van der Waals surface area contributed by atoms with Crippen molar-refractivity contribution < 1.29 is 14.2 Å². The highest BCUT2D eigenvalue weighted by Crippen LogP contribution is 2.02. The van der Waals surface area contributed by atoms with E-state index < -0.39 is 9.84 Å². The van der Waals surface area contributed by atoms with Gasteiger partial charge in [0, 0.05) is 5.41 Å². The van der Waals surface area contributed by atoms with Crippen LogP contribution in [0.15, 0.2) is 11.5 Å². The van der Waals surface area contributed by atoms with Gasteiger partial charge >= 0.3 is 0 Å². The Bertz CT molecular complexity index is 204. The summed E-state index contributed by atoms with van der Waals surface area (Å²) < 4.78 is 21.0. The molecular formula is C4H8NO2S+. The van der Waals surface area contributed by atoms with Gasteiger partial charge in [-0.25, -0.2) is 8.42 Å². The maximum Gasteiger partial charge on any atom is 0.177 e. The molecule has 0 aromatic carbocycles. The van der Waals surface area contributed by atoms with E-state index in [1.165, 1.54) is 5.41 Å². The Morgan fingerprint density at radius 3 is 2.38 bits per heavy atom. The number of hydrogen-bond acceptors (Lipinski definition) is 2. The standard InChI is InChI=1S/C4H7NO2S/c5-4-1-2-8(6,7)3-4/h1-2,4H,3,5H2/p+1. The Labute approximate surface area is 48.1 Å². The van der Waals surface area contributed by atoms with E-state index in [1.54, 1.807) is 6.08 Å². The smallest absolute Gasteiger partial charge is 0.177 e. The molecule has 1 atom stereocenters. The molecule has 3 N–H and O–H groups in total. The molecule has 1 rings (SSSR count). The molecule has 0 spiro atoms. The molecule has 0 radical (unpaired) electrons. The van der Waals surface area contributed by atoms with E-state index in [-0.39, 0.29) is 11.8 Å². The quantitative estimate of drug-likeness (QED) is 0.440. The zero-order valence-electron chi connectivity index (χ0n) is 4.37. The van der Waals surface area contributed by atoms with Crippen molar-refractivity contribution in [3.8, 4) is 0 Å². The minimum atomic E-state index is -2.84. The fourth-order valence-electron chi connectivity index (χ4n) is 0.640. The van der Waals surface area contributed by atoms with Crippen molar-refractivity contribution in [1.29, 1.82) is 0 Å². The fraction of sp³-hybridized carbons (Fsp3) is 0.500. The first-order valence-corrected chi connectivity index (χ1v) is 4.06. The van der Waals surface area contributed by atoms with Crippen molar-refractivity contribution in [2.45, 2.75) is 6.04 Å². The lowest BCUT2D eigenvalue weighted by molar-refractivity contribution is -0.395. The molecule has 0 saturated heterocycles. The summed E-state index contributed by atoms with van der Waals surface area (Å²) in [7, 11) is -2.84. The fourth-order valence-corrected chi connectivity index (χ4v) is 1.92. The molecule has 1 unspecified atom stereocenters. The molecule has 0 aliphatic carbocycles. The predicted molar refractivity (Wildman–Crippen MR) is 29.6 cm³/mol. The van der Waals surface area contributed by atoms with Crippen LogP contribution in [-0.2, 0) is 9.84 Å². The van der Waals surface area contributed by atoms with Crippen LogP contribution < -0.4 is 5.73 Å². The monoisotopic (exact) mass is 134 g/mol. The van der Waals surface area contributed by atoms with Crippen molar-refractivity contribution >= 4 is 9.84 Å². The van der Waals surface area contributed by atoms with E-state index >= 15 is 0 Å². The van der Waals surface area contributed by atoms with Crippen LogP contribution in [-0.4, -0.2) is 20.2 Å². The third kappa shape index (κ3) is 1.08. The molecular weight excluding hydrogens is 126 g/mol. The number of sulfone groups is 1. The van der Waals surface area contributed by atoms with Gasteiger partial charge in [0.1, 0.15) is 11.8 Å². The van der Waals surface area contributed by atoms with Crippen LogP contribution in [0.4, 0.5) is 0 Å². The average molecular weight is 134 g/mol. The number of rotatable bonds is 0. The molecule has 0 aromatic rings. The van der Waals surface area contributed by atoms with Crippen molar-refractivity contribution in [3.05, 3.63) is 11.5 Å². The minimum Gasteiger partial charge on any atom is -0.351 e. The summed E-state index contributed by atoms with van der Waals surface area (Å²) in [6.07, 6.45) is 1.61. The molecule has 1 aliphatic heterocycles. The topological polar surface area (TPSA) is 61.8 Å². The lowest BCUT2D eigenvalue weighted by atomic mass is 10.4. The Kier molecular flexibility index (Phi) is 1.13. The largest absolute Gasteiger partial charge is 0.351 e. The van der Waals surface area contributed by atoms with Crippen LogP contribution in [0.5, 0.6) is 0 Å². The molecule has 8 heavy (non-hydrogen) atoms. The Morgan fingerprint density at radius 1 is 1.62 bits per heavy atom. The van der Waals surface area contributed by atoms with Gasteiger partial charge in [0.2, 0.25) is 0 Å². The lowest BCUT2D eigenvalue weighted by Crippen LogP contribution is -2.61. The molecule has 0 fully saturated rings. The lowest BCUT2D eigenvalue weighted by Gasteiger charge is -1.88. The van der Waals surface area contributed by atoms with Gasteiger partial charge in [-0.05, 0) is 6.08 Å². The van der Waals surface area contributed by atoms with Crippen LogP contribution in [0.3, 0.4) is 0 Å². The third-order valence-electron chi connectivity index (χ3n) is 1.00. The Morgan fingerprint density at radius 2 is 2.25 bits per heavy atom. The summed E-state index contributed by atoms with van der Waals surface area (Å²) in [6, 6.07) is -0.0278. The highest BCUT2D eigenvalue weighted by Gasteiger charge is 2.20. The Hall–Kier alpha value is -0.350. The average Bonchev–Trinajstić information content (AvgIpc) is 1.82. The number of quaternary nitrogens is 1. The molecule has 0 saturated carbocycles. The van der Waals surface area contributed by atoms with Crippen molar-refractivity contribution in [1.82, 2.24) is 0 Å². The van der Waals surface area contributed by atoms with Gasteiger partial charge in [-0.2, -0.15) is 0 Å². The van der Waals surface area contributed by atoms with Crippen LogP contribution >= 0.6 is 0 Å². The van der Waals surface area contributed by atoms with E-state index in [0.29, 0.717) is 0 Å². The molecule has 4 heteroatoms. The van der Waals surface area contributed by atoms with Crippen LogP contribution in [0, 0.1) is 0 Å². The second-order valence-electron chi connectivity index (χ2n) is 1.92. The van der Waals surface area contributed by atoms with Crippen molar-refractivity contribution in [3.63, 3.8) is 0 Å². The van der Waals surface area contributed by atoms with E-state index in [4.69, 9.17) is 0 Å². The van der Waals surface area contributed by atoms with Crippen molar-refractivity contribution in [2.75, 3.05) is 5.75 Å². The first-order chi connectivity index (χ1) is 3.60. The normalized spacial score (nSPS) is 33.4. The Balaban J connectivity index is 2.89. The van der Waals surface area contributed by atoms with Gasteiger partial charge < -0.3 is 5.73 Å². The van der Waals surface area contributed by atoms with Gasteiger partial charge in [0.05, 0.1) is 0 Å². The predicted octanol–water partition coefficient (Wildman–Crippen LogP) is -1.46. The van der Waals surface area contributed by atoms with Crippen molar-refractivity contribution in [2.24, 2.45) is 0 Å². The molecule has 0 bridgehead atoms. The number of hydrogen-bond donors (Lipinski definition) is 1. The highest BCUT2D eigenvalue weighted by atomic mass is 32.2. The van der Waals surface area contributed by atoms with Crippen LogP contribution in [0.2, 0.25) is 0 Å². The summed E-state index contributed by atoms with van der Waals surface area (Å²) >= 11 is 0. The van der Waals surface area contributed by atoms with Crippen LogP contribution in [0.25, 0.3) is 0 Å². The van der Waals surface area contributed by atoms with Gasteiger partial charge in [0.15, 0.2) is 9.84 Å². The second kappa shape index (κ2) is 1.56.